The summed E-state index contributed by atoms with van der Waals surface area (Å²) in [7, 11) is -4.02. The highest BCUT2D eigenvalue weighted by atomic mass is 79.9. The van der Waals surface area contributed by atoms with Gasteiger partial charge in [-0.2, -0.15) is 0 Å². The third-order valence-corrected chi connectivity index (χ3v) is 6.17. The van der Waals surface area contributed by atoms with Crippen LogP contribution in [0.2, 0.25) is 0 Å². The Hall–Kier alpha value is -1.93. The summed E-state index contributed by atoms with van der Waals surface area (Å²) in [5.74, 6) is -0.865. The molecule has 0 spiro atoms. The molecule has 0 aromatic heterocycles. The van der Waals surface area contributed by atoms with E-state index >= 15 is 0 Å². The molecule has 1 fully saturated rings. The lowest BCUT2D eigenvalue weighted by atomic mass is 10.1. The molecular weight excluding hydrogens is 423 g/mol. The van der Waals surface area contributed by atoms with Gasteiger partial charge in [0.05, 0.1) is 10.6 Å². The topological polar surface area (TPSA) is 66.5 Å². The first-order valence-electron chi connectivity index (χ1n) is 8.16. The number of carbonyl (C=O) groups is 1. The molecule has 1 aliphatic rings. The van der Waals surface area contributed by atoms with Crippen LogP contribution < -0.4 is 4.72 Å². The summed E-state index contributed by atoms with van der Waals surface area (Å²) >= 11 is 3.13. The fourth-order valence-electron chi connectivity index (χ4n) is 2.87. The maximum absolute atomic E-state index is 14.0. The van der Waals surface area contributed by atoms with Crippen LogP contribution in [0.3, 0.4) is 0 Å². The van der Waals surface area contributed by atoms with Gasteiger partial charge in [0.2, 0.25) is 0 Å². The molecule has 0 unspecified atom stereocenters. The van der Waals surface area contributed by atoms with Gasteiger partial charge in [0.1, 0.15) is 5.82 Å². The van der Waals surface area contributed by atoms with E-state index in [2.05, 4.69) is 20.7 Å². The molecule has 2 aromatic carbocycles. The Morgan fingerprint density at radius 3 is 2.50 bits per heavy atom. The number of halogens is 2. The highest BCUT2D eigenvalue weighted by molar-refractivity contribution is 9.10. The smallest absolute Gasteiger partial charge is 0.262 e. The Morgan fingerprint density at radius 1 is 1.15 bits per heavy atom. The first-order chi connectivity index (χ1) is 12.3. The van der Waals surface area contributed by atoms with Gasteiger partial charge in [-0.3, -0.25) is 9.52 Å². The second-order valence-electron chi connectivity index (χ2n) is 6.21. The molecule has 1 amide bonds. The lowest BCUT2D eigenvalue weighted by molar-refractivity contribution is 0.0792. The van der Waals surface area contributed by atoms with Gasteiger partial charge >= 0.3 is 0 Å². The number of rotatable bonds is 4. The molecule has 5 nitrogen and oxygen atoms in total. The number of aryl methyl sites for hydroxylation is 1. The van der Waals surface area contributed by atoms with E-state index in [-0.39, 0.29) is 16.5 Å². The van der Waals surface area contributed by atoms with Gasteiger partial charge in [0.25, 0.3) is 15.9 Å². The lowest BCUT2D eigenvalue weighted by Gasteiger charge is -2.17. The molecule has 1 heterocycles. The molecule has 1 N–H and O–H groups in total. The van der Waals surface area contributed by atoms with Crippen molar-refractivity contribution in [2.45, 2.75) is 24.7 Å². The number of nitrogens with zero attached hydrogens (tertiary/aromatic N) is 1. The van der Waals surface area contributed by atoms with Crippen molar-refractivity contribution in [3.05, 3.63) is 57.8 Å². The first-order valence-corrected chi connectivity index (χ1v) is 10.4. The van der Waals surface area contributed by atoms with Gasteiger partial charge in [-0.15, -0.1) is 0 Å². The molecule has 1 aliphatic heterocycles. The van der Waals surface area contributed by atoms with Gasteiger partial charge in [-0.05, 0) is 55.7 Å². The van der Waals surface area contributed by atoms with E-state index < -0.39 is 15.8 Å². The van der Waals surface area contributed by atoms with Gasteiger partial charge in [-0.25, -0.2) is 12.8 Å². The minimum Gasteiger partial charge on any atom is -0.339 e. The monoisotopic (exact) mass is 440 g/mol. The van der Waals surface area contributed by atoms with Crippen molar-refractivity contribution in [3.8, 4) is 0 Å². The Bertz CT molecular complexity index is 957. The van der Waals surface area contributed by atoms with Gasteiger partial charge < -0.3 is 4.90 Å². The fraction of sp³-hybridized carbons (Fsp3) is 0.278. The maximum atomic E-state index is 14.0. The van der Waals surface area contributed by atoms with Crippen molar-refractivity contribution in [2.24, 2.45) is 0 Å². The molecule has 0 bridgehead atoms. The molecular formula is C18H18BrFN2O3S. The van der Waals surface area contributed by atoms with Crippen LogP contribution in [0.1, 0.15) is 28.8 Å². The van der Waals surface area contributed by atoms with E-state index in [0.29, 0.717) is 28.7 Å². The summed E-state index contributed by atoms with van der Waals surface area (Å²) in [4.78, 5) is 14.3. The van der Waals surface area contributed by atoms with Crippen molar-refractivity contribution in [1.29, 1.82) is 0 Å². The zero-order valence-electron chi connectivity index (χ0n) is 14.1. The zero-order valence-corrected chi connectivity index (χ0v) is 16.5. The third kappa shape index (κ3) is 3.91. The average molecular weight is 441 g/mol. The van der Waals surface area contributed by atoms with E-state index in [1.54, 1.807) is 24.0 Å². The quantitative estimate of drug-likeness (QED) is 0.782. The van der Waals surface area contributed by atoms with Crippen LogP contribution in [0.15, 0.2) is 45.8 Å². The van der Waals surface area contributed by atoms with Crippen molar-refractivity contribution in [1.82, 2.24) is 4.90 Å². The van der Waals surface area contributed by atoms with Crippen LogP contribution in [0.4, 0.5) is 10.1 Å². The van der Waals surface area contributed by atoms with E-state index in [9.17, 15) is 17.6 Å². The van der Waals surface area contributed by atoms with Crippen molar-refractivity contribution < 1.29 is 17.6 Å². The Balaban J connectivity index is 1.92. The predicted molar refractivity (Wildman–Crippen MR) is 101 cm³/mol. The van der Waals surface area contributed by atoms with Crippen LogP contribution in [0.25, 0.3) is 0 Å². The molecule has 26 heavy (non-hydrogen) atoms. The second-order valence-corrected chi connectivity index (χ2v) is 8.80. The first kappa shape index (κ1) is 18.8. The van der Waals surface area contributed by atoms with Crippen LogP contribution in [-0.2, 0) is 10.0 Å². The van der Waals surface area contributed by atoms with Gasteiger partial charge in [-0.1, -0.05) is 22.0 Å². The molecule has 1 saturated heterocycles. The Labute approximate surface area is 160 Å². The number of likely N-dealkylation sites (tertiary alicyclic amines) is 1. The highest BCUT2D eigenvalue weighted by Crippen LogP contribution is 2.24. The van der Waals surface area contributed by atoms with E-state index in [1.807, 2.05) is 0 Å². The summed E-state index contributed by atoms with van der Waals surface area (Å²) in [6.07, 6.45) is 1.90. The van der Waals surface area contributed by atoms with Gasteiger partial charge in [0, 0.05) is 23.1 Å². The molecule has 138 valence electrons. The van der Waals surface area contributed by atoms with E-state index in [1.165, 1.54) is 24.3 Å². The molecule has 0 saturated carbocycles. The fourth-order valence-corrected chi connectivity index (χ4v) is 4.29. The second kappa shape index (κ2) is 7.36. The Kier molecular flexibility index (Phi) is 5.34. The van der Waals surface area contributed by atoms with Crippen molar-refractivity contribution in [3.63, 3.8) is 0 Å². The molecule has 2 aromatic rings. The van der Waals surface area contributed by atoms with Crippen molar-refractivity contribution in [2.75, 3.05) is 17.8 Å². The average Bonchev–Trinajstić information content (AvgIpc) is 3.11. The number of hydrogen-bond acceptors (Lipinski definition) is 3. The normalized spacial score (nSPS) is 14.5. The minimum absolute atomic E-state index is 0.0760. The van der Waals surface area contributed by atoms with Crippen molar-refractivity contribution >= 4 is 37.5 Å². The minimum atomic E-state index is -4.02. The summed E-state index contributed by atoms with van der Waals surface area (Å²) in [6.45, 7) is 3.12. The standard InChI is InChI=1S/C18H18BrFN2O3S/c1-12-4-6-14(11-15(12)18(23)22-8-2-3-9-22)26(24,25)21-17-7-5-13(19)10-16(17)20/h4-7,10-11,21H,2-3,8-9H2,1H3. The Morgan fingerprint density at radius 2 is 1.85 bits per heavy atom. The number of nitrogens with one attached hydrogen (secondary N) is 1. The summed E-state index contributed by atoms with van der Waals surface area (Å²) < 4.78 is 42.0. The van der Waals surface area contributed by atoms with Crippen LogP contribution >= 0.6 is 15.9 Å². The van der Waals surface area contributed by atoms with Gasteiger partial charge in [0.15, 0.2) is 0 Å². The number of sulfonamides is 1. The number of carbonyl (C=O) groups excluding carboxylic acids is 1. The van der Waals surface area contributed by atoms with E-state index in [0.717, 1.165) is 12.8 Å². The molecule has 0 radical (unpaired) electrons. The molecule has 0 atom stereocenters. The SMILES string of the molecule is Cc1ccc(S(=O)(=O)Nc2ccc(Br)cc2F)cc1C(=O)N1CCCC1. The summed E-state index contributed by atoms with van der Waals surface area (Å²) in [5.41, 5.74) is 0.905. The number of anilines is 1. The lowest BCUT2D eigenvalue weighted by Crippen LogP contribution is -2.28. The third-order valence-electron chi connectivity index (χ3n) is 4.32. The predicted octanol–water partition coefficient (Wildman–Crippen LogP) is 3.93. The number of hydrogen-bond donors (Lipinski definition) is 1. The number of benzene rings is 2. The van der Waals surface area contributed by atoms with Crippen LogP contribution in [0, 0.1) is 12.7 Å². The van der Waals surface area contributed by atoms with Crippen LogP contribution in [-0.4, -0.2) is 32.3 Å². The van der Waals surface area contributed by atoms with Crippen LogP contribution in [0.5, 0.6) is 0 Å². The zero-order chi connectivity index (χ0) is 18.9. The molecule has 8 heteroatoms. The maximum Gasteiger partial charge on any atom is 0.262 e. The molecule has 0 aliphatic carbocycles. The van der Waals surface area contributed by atoms with E-state index in [4.69, 9.17) is 0 Å². The molecule has 3 rings (SSSR count). The summed E-state index contributed by atoms with van der Waals surface area (Å²) in [6, 6.07) is 8.41. The largest absolute Gasteiger partial charge is 0.339 e. The summed E-state index contributed by atoms with van der Waals surface area (Å²) in [5, 5.41) is 0. The highest BCUT2D eigenvalue weighted by Gasteiger charge is 2.24. The number of amides is 1.